The summed E-state index contributed by atoms with van der Waals surface area (Å²) < 4.78 is 46.5. The second-order valence-corrected chi connectivity index (χ2v) is 9.36. The summed E-state index contributed by atoms with van der Waals surface area (Å²) in [5, 5.41) is 2.67. The maximum absolute atomic E-state index is 14.0. The van der Waals surface area contributed by atoms with Crippen LogP contribution in [0.1, 0.15) is 6.42 Å². The fourth-order valence-electron chi connectivity index (χ4n) is 3.00. The number of carbonyl (C=O) groups is 2. The van der Waals surface area contributed by atoms with Gasteiger partial charge in [-0.15, -0.1) is 0 Å². The van der Waals surface area contributed by atoms with Crippen LogP contribution in [0.4, 0.5) is 20.6 Å². The Labute approximate surface area is 184 Å². The van der Waals surface area contributed by atoms with Crippen molar-refractivity contribution in [2.24, 2.45) is 0 Å². The van der Waals surface area contributed by atoms with E-state index >= 15 is 0 Å². The number of hydrogen-bond donors (Lipinski definition) is 2. The second kappa shape index (κ2) is 10.1. The molecule has 2 N–H and O–H groups in total. The van der Waals surface area contributed by atoms with Crippen molar-refractivity contribution in [1.29, 1.82) is 0 Å². The molecule has 3 rings (SSSR count). The fourth-order valence-corrected chi connectivity index (χ4v) is 4.78. The minimum atomic E-state index is -4.25. The second-order valence-electron chi connectivity index (χ2n) is 6.69. The van der Waals surface area contributed by atoms with Gasteiger partial charge in [-0.3, -0.25) is 9.69 Å². The van der Waals surface area contributed by atoms with Crippen molar-refractivity contribution < 1.29 is 27.1 Å². The van der Waals surface area contributed by atoms with Gasteiger partial charge in [0.1, 0.15) is 23.4 Å². The topological polar surface area (TPSA) is 105 Å². The van der Waals surface area contributed by atoms with Crippen LogP contribution in [-0.2, 0) is 19.6 Å². The van der Waals surface area contributed by atoms with Crippen molar-refractivity contribution in [2.75, 3.05) is 35.4 Å². The Morgan fingerprint density at radius 2 is 2.03 bits per heavy atom. The third-order valence-electron chi connectivity index (χ3n) is 4.54. The van der Waals surface area contributed by atoms with Gasteiger partial charge in [-0.05, 0) is 48.8 Å². The molecule has 0 spiro atoms. The monoisotopic (exact) mass is 467 g/mol. The lowest BCUT2D eigenvalue weighted by Crippen LogP contribution is -2.44. The van der Waals surface area contributed by atoms with E-state index < -0.39 is 38.8 Å². The first kappa shape index (κ1) is 23.0. The molecule has 8 nitrogen and oxygen atoms in total. The van der Waals surface area contributed by atoms with E-state index in [1.54, 1.807) is 24.3 Å². The highest BCUT2D eigenvalue weighted by Crippen LogP contribution is 2.23. The molecule has 1 fully saturated rings. The van der Waals surface area contributed by atoms with Gasteiger partial charge in [0, 0.05) is 11.4 Å². The van der Waals surface area contributed by atoms with Crippen LogP contribution in [0.3, 0.4) is 0 Å². The Hall–Kier alpha value is -2.63. The molecule has 0 aromatic heterocycles. The first-order valence-electron chi connectivity index (χ1n) is 9.43. The van der Waals surface area contributed by atoms with E-state index in [0.29, 0.717) is 23.7 Å². The highest BCUT2D eigenvalue weighted by atomic mass is 32.2. The lowest BCUT2D eigenvalue weighted by molar-refractivity contribution is -0.117. The smallest absolute Gasteiger partial charge is 0.414 e. The summed E-state index contributed by atoms with van der Waals surface area (Å²) >= 11 is 1.45. The predicted octanol–water partition coefficient (Wildman–Crippen LogP) is 2.82. The van der Waals surface area contributed by atoms with Crippen LogP contribution in [0.2, 0.25) is 0 Å². The highest BCUT2D eigenvalue weighted by Gasteiger charge is 2.28. The molecule has 2 aromatic carbocycles. The SMILES string of the molecule is CSCCC(NS(=O)(=O)c1ccccc1F)C(=O)Nc1cccc(N2CCOC2=O)c1. The highest BCUT2D eigenvalue weighted by molar-refractivity contribution is 7.98. The summed E-state index contributed by atoms with van der Waals surface area (Å²) in [5.74, 6) is -0.975. The minimum Gasteiger partial charge on any atom is -0.447 e. The number of sulfonamides is 1. The average Bonchev–Trinajstić information content (AvgIpc) is 3.17. The third-order valence-corrected chi connectivity index (χ3v) is 6.69. The van der Waals surface area contributed by atoms with E-state index in [1.807, 2.05) is 6.26 Å². The Balaban J connectivity index is 1.77. The van der Waals surface area contributed by atoms with E-state index in [2.05, 4.69) is 10.0 Å². The minimum absolute atomic E-state index is 0.207. The zero-order valence-electron chi connectivity index (χ0n) is 16.7. The third kappa shape index (κ3) is 5.75. The predicted molar refractivity (Wildman–Crippen MR) is 117 cm³/mol. The Morgan fingerprint density at radius 3 is 2.71 bits per heavy atom. The summed E-state index contributed by atoms with van der Waals surface area (Å²) in [7, 11) is -4.25. The van der Waals surface area contributed by atoms with Crippen molar-refractivity contribution >= 4 is 45.2 Å². The van der Waals surface area contributed by atoms with Crippen LogP contribution in [0.15, 0.2) is 53.4 Å². The largest absolute Gasteiger partial charge is 0.447 e. The fraction of sp³-hybridized carbons (Fsp3) is 0.300. The zero-order valence-corrected chi connectivity index (χ0v) is 18.3. The van der Waals surface area contributed by atoms with Crippen LogP contribution < -0.4 is 14.9 Å². The number of carbonyl (C=O) groups excluding carboxylic acids is 2. The van der Waals surface area contributed by atoms with E-state index in [1.165, 1.54) is 28.8 Å². The molecule has 166 valence electrons. The molecule has 1 saturated heterocycles. The molecule has 2 amide bonds. The zero-order chi connectivity index (χ0) is 22.4. The lowest BCUT2D eigenvalue weighted by Gasteiger charge is -2.19. The van der Waals surface area contributed by atoms with Gasteiger partial charge in [0.05, 0.1) is 6.54 Å². The molecule has 31 heavy (non-hydrogen) atoms. The van der Waals surface area contributed by atoms with E-state index in [4.69, 9.17) is 4.74 Å². The normalized spacial score (nSPS) is 14.9. The van der Waals surface area contributed by atoms with E-state index in [0.717, 1.165) is 12.1 Å². The number of rotatable bonds is 9. The number of nitrogens with zero attached hydrogens (tertiary/aromatic N) is 1. The van der Waals surface area contributed by atoms with Crippen molar-refractivity contribution in [3.8, 4) is 0 Å². The van der Waals surface area contributed by atoms with E-state index in [9.17, 15) is 22.4 Å². The van der Waals surface area contributed by atoms with Gasteiger partial charge in [-0.2, -0.15) is 16.5 Å². The van der Waals surface area contributed by atoms with Gasteiger partial charge >= 0.3 is 6.09 Å². The molecule has 0 bridgehead atoms. The number of thioether (sulfide) groups is 1. The molecular formula is C20H22FN3O5S2. The van der Waals surface area contributed by atoms with E-state index in [-0.39, 0.29) is 13.0 Å². The summed E-state index contributed by atoms with van der Waals surface area (Å²) in [5.41, 5.74) is 0.939. The molecule has 1 heterocycles. The van der Waals surface area contributed by atoms with Crippen LogP contribution in [0.5, 0.6) is 0 Å². The molecule has 1 aliphatic rings. The lowest BCUT2D eigenvalue weighted by atomic mass is 10.2. The Morgan fingerprint density at radius 1 is 1.26 bits per heavy atom. The van der Waals surface area contributed by atoms with Gasteiger partial charge in [0.25, 0.3) is 0 Å². The number of cyclic esters (lactones) is 1. The number of halogens is 1. The molecular weight excluding hydrogens is 445 g/mol. The quantitative estimate of drug-likeness (QED) is 0.588. The van der Waals surface area contributed by atoms with Crippen LogP contribution in [0, 0.1) is 5.82 Å². The molecule has 0 radical (unpaired) electrons. The summed E-state index contributed by atoms with van der Waals surface area (Å²) in [6.45, 7) is 0.680. The van der Waals surface area contributed by atoms with Gasteiger partial charge in [0.15, 0.2) is 0 Å². The first-order valence-corrected chi connectivity index (χ1v) is 12.3. The maximum atomic E-state index is 14.0. The van der Waals surface area contributed by atoms with Crippen molar-refractivity contribution in [2.45, 2.75) is 17.4 Å². The number of anilines is 2. The molecule has 1 unspecified atom stereocenters. The van der Waals surface area contributed by atoms with Gasteiger partial charge in [-0.25, -0.2) is 17.6 Å². The number of nitrogens with one attached hydrogen (secondary N) is 2. The van der Waals surface area contributed by atoms with Gasteiger partial charge in [0.2, 0.25) is 15.9 Å². The number of benzene rings is 2. The average molecular weight is 468 g/mol. The molecule has 1 atom stereocenters. The van der Waals surface area contributed by atoms with Crippen molar-refractivity contribution in [1.82, 2.24) is 4.72 Å². The standard InChI is InChI=1S/C20H22FN3O5S2/c1-30-12-9-17(23-31(27,28)18-8-3-2-7-16(18)21)19(25)22-14-5-4-6-15(13-14)24-10-11-29-20(24)26/h2-8,13,17,23H,9-12H2,1H3,(H,22,25). The summed E-state index contributed by atoms with van der Waals surface area (Å²) in [6, 6.07) is 10.4. The summed E-state index contributed by atoms with van der Waals surface area (Å²) in [4.78, 5) is 25.5. The molecule has 11 heteroatoms. The number of amides is 2. The Kier molecular flexibility index (Phi) is 7.52. The van der Waals surface area contributed by atoms with Gasteiger partial charge < -0.3 is 10.1 Å². The first-order chi connectivity index (χ1) is 14.8. The van der Waals surface area contributed by atoms with Crippen LogP contribution in [-0.4, -0.2) is 51.6 Å². The van der Waals surface area contributed by atoms with Crippen molar-refractivity contribution in [3.63, 3.8) is 0 Å². The molecule has 0 saturated carbocycles. The maximum Gasteiger partial charge on any atom is 0.414 e. The molecule has 1 aliphatic heterocycles. The van der Waals surface area contributed by atoms with Crippen LogP contribution in [0.25, 0.3) is 0 Å². The molecule has 0 aliphatic carbocycles. The number of ether oxygens (including phenoxy) is 1. The van der Waals surface area contributed by atoms with Crippen LogP contribution >= 0.6 is 11.8 Å². The van der Waals surface area contributed by atoms with Gasteiger partial charge in [-0.1, -0.05) is 18.2 Å². The summed E-state index contributed by atoms with van der Waals surface area (Å²) in [6.07, 6.45) is 1.57. The van der Waals surface area contributed by atoms with Crippen molar-refractivity contribution in [3.05, 3.63) is 54.3 Å². The number of hydrogen-bond acceptors (Lipinski definition) is 6. The molecule has 2 aromatic rings. The Bertz CT molecular complexity index is 1060.